The molecule has 3 rings (SSSR count). The monoisotopic (exact) mass is 269 g/mol. The van der Waals surface area contributed by atoms with E-state index in [1.165, 1.54) is 17.5 Å². The minimum Gasteiger partial charge on any atom is -0.316 e. The van der Waals surface area contributed by atoms with Gasteiger partial charge in [-0.25, -0.2) is 14.8 Å². The molecule has 0 aromatic carbocycles. The van der Waals surface area contributed by atoms with E-state index in [2.05, 4.69) is 9.98 Å². The van der Waals surface area contributed by atoms with E-state index >= 15 is 0 Å². The quantitative estimate of drug-likeness (QED) is 0.672. The maximum absolute atomic E-state index is 12.4. The van der Waals surface area contributed by atoms with Gasteiger partial charge in [-0.2, -0.15) is 0 Å². The smallest absolute Gasteiger partial charge is 0.316 e. The highest BCUT2D eigenvalue weighted by Crippen LogP contribution is 2.32. The molecule has 2 aliphatic heterocycles. The van der Waals surface area contributed by atoms with Gasteiger partial charge >= 0.3 is 6.03 Å². The fourth-order valence-corrected chi connectivity index (χ4v) is 3.10. The van der Waals surface area contributed by atoms with Gasteiger partial charge in [-0.05, 0) is 24.4 Å². The number of hydrogen-bond donors (Lipinski definition) is 0. The average Bonchev–Trinajstić information content (AvgIpc) is 2.61. The number of likely N-dealkylation sites (N-methyl/N-ethyl adjacent to an activating group) is 1. The fourth-order valence-electron chi connectivity index (χ4n) is 2.95. The molecule has 18 heavy (non-hydrogen) atoms. The number of amidine groups is 1. The minimum atomic E-state index is -1.23. The first-order valence-electron chi connectivity index (χ1n) is 6.88. The molecule has 3 aliphatic rings. The van der Waals surface area contributed by atoms with Crippen LogP contribution in [0.1, 0.15) is 33.5 Å². The van der Waals surface area contributed by atoms with E-state index in [0.717, 1.165) is 25.7 Å². The molecular formula is C12H17ClN4O. The molecule has 0 aromatic rings. The number of rotatable bonds is 1. The normalized spacial score (nSPS) is 37.7. The van der Waals surface area contributed by atoms with E-state index in [0.29, 0.717) is 0 Å². The number of carbonyl (C=O) groups excluding carboxylic acids is 1. The van der Waals surface area contributed by atoms with Crippen LogP contribution >= 0.6 is 11.6 Å². The molecule has 2 atom stereocenters. The molecule has 98 valence electrons. The maximum Gasteiger partial charge on any atom is 0.322 e. The molecule has 2 heterocycles. The van der Waals surface area contributed by atoms with Gasteiger partial charge in [0.25, 0.3) is 0 Å². The number of urea groups is 1. The third kappa shape index (κ3) is 1.81. The van der Waals surface area contributed by atoms with Crippen molar-refractivity contribution in [2.75, 3.05) is 7.05 Å². The van der Waals surface area contributed by atoms with Gasteiger partial charge in [0.2, 0.25) is 5.29 Å². The summed E-state index contributed by atoms with van der Waals surface area (Å²) in [5.74, 6) is 0. The summed E-state index contributed by atoms with van der Waals surface area (Å²) in [7, 11) is 1.63. The van der Waals surface area contributed by atoms with Gasteiger partial charge in [0, 0.05) is 19.3 Å². The highest BCUT2D eigenvalue weighted by Gasteiger charge is 2.47. The second-order valence-corrected chi connectivity index (χ2v) is 5.33. The number of aliphatic imine (C=N–C) groups is 2. The molecule has 6 heteroatoms. The van der Waals surface area contributed by atoms with Gasteiger partial charge in [-0.15, -0.1) is 0 Å². The zero-order chi connectivity index (χ0) is 13.6. The summed E-state index contributed by atoms with van der Waals surface area (Å²) < 4.78 is 8.46. The maximum atomic E-state index is 12.4. The Morgan fingerprint density at radius 2 is 2.17 bits per heavy atom. The minimum absolute atomic E-state index is 0.122. The summed E-state index contributed by atoms with van der Waals surface area (Å²) in [6, 6.07) is -1.21. The molecule has 2 fully saturated rings. The molecule has 0 bridgehead atoms. The number of fused-ring (bicyclic) bond motifs is 1. The van der Waals surface area contributed by atoms with E-state index in [-0.39, 0.29) is 17.4 Å². The lowest BCUT2D eigenvalue weighted by Gasteiger charge is -2.33. The lowest BCUT2D eigenvalue weighted by molar-refractivity contribution is 0.149. The Morgan fingerprint density at radius 1 is 1.44 bits per heavy atom. The Bertz CT molecular complexity index is 463. The number of nitrogens with zero attached hydrogens (tertiary/aromatic N) is 4. The summed E-state index contributed by atoms with van der Waals surface area (Å²) >= 11 is 5.86. The van der Waals surface area contributed by atoms with E-state index in [4.69, 9.17) is 13.0 Å². The number of carbonyl (C=O) groups is 1. The topological polar surface area (TPSA) is 48.3 Å². The Morgan fingerprint density at radius 3 is 2.89 bits per heavy atom. The van der Waals surface area contributed by atoms with Crippen molar-refractivity contribution in [1.29, 1.82) is 0 Å². The van der Waals surface area contributed by atoms with Crippen LogP contribution in [0.2, 0.25) is 0 Å². The van der Waals surface area contributed by atoms with Crippen LogP contribution in [0, 0.1) is 0 Å². The molecular weight excluding hydrogens is 252 g/mol. The van der Waals surface area contributed by atoms with Crippen molar-refractivity contribution in [3.05, 3.63) is 0 Å². The third-order valence-corrected chi connectivity index (χ3v) is 4.12. The van der Waals surface area contributed by atoms with Crippen LogP contribution in [-0.2, 0) is 0 Å². The van der Waals surface area contributed by atoms with Crippen LogP contribution in [-0.4, -0.2) is 52.6 Å². The summed E-state index contributed by atoms with van der Waals surface area (Å²) in [5, 5.41) is 0.122. The number of halogens is 1. The van der Waals surface area contributed by atoms with Crippen molar-refractivity contribution in [2.24, 2.45) is 9.98 Å². The summed E-state index contributed by atoms with van der Waals surface area (Å²) in [5.41, 5.74) is 0. The Balaban J connectivity index is 1.95. The van der Waals surface area contributed by atoms with E-state index < -0.39 is 12.2 Å². The molecule has 5 nitrogen and oxygen atoms in total. The molecule has 0 spiro atoms. The van der Waals surface area contributed by atoms with Gasteiger partial charge in [0.05, 0.1) is 1.37 Å². The largest absolute Gasteiger partial charge is 0.322 e. The molecule has 0 aromatic heterocycles. The van der Waals surface area contributed by atoms with Gasteiger partial charge in [-0.1, -0.05) is 19.3 Å². The van der Waals surface area contributed by atoms with Crippen molar-refractivity contribution in [1.82, 2.24) is 9.80 Å². The molecule has 0 radical (unpaired) electrons. The second kappa shape index (κ2) is 4.53. The van der Waals surface area contributed by atoms with E-state index in [9.17, 15) is 4.79 Å². The van der Waals surface area contributed by atoms with Crippen LogP contribution in [0.5, 0.6) is 0 Å². The zero-order valence-electron chi connectivity index (χ0n) is 11.3. The summed E-state index contributed by atoms with van der Waals surface area (Å²) in [6.45, 7) is 0. The summed E-state index contributed by atoms with van der Waals surface area (Å²) in [4.78, 5) is 23.7. The standard InChI is InChI=1S/C12H17ClN4O/c1-16-9-7-14-11(13)15-10(9)17(12(16)18)8-5-3-2-4-6-8/h7-10H,2-6H2,1H3/i9D. The molecule has 1 saturated carbocycles. The Hall–Kier alpha value is -1.10. The van der Waals surface area contributed by atoms with Crippen molar-refractivity contribution in [3.63, 3.8) is 0 Å². The zero-order valence-corrected chi connectivity index (χ0v) is 11.1. The molecule has 1 saturated heterocycles. The van der Waals surface area contributed by atoms with Crippen molar-refractivity contribution >= 4 is 29.1 Å². The first-order chi connectivity index (χ1) is 9.04. The van der Waals surface area contributed by atoms with Crippen molar-refractivity contribution < 1.29 is 6.17 Å². The second-order valence-electron chi connectivity index (χ2n) is 5.00. The predicted molar refractivity (Wildman–Crippen MR) is 71.2 cm³/mol. The first-order valence-corrected chi connectivity index (χ1v) is 6.76. The molecule has 2 unspecified atom stereocenters. The van der Waals surface area contributed by atoms with Crippen LogP contribution in [0.3, 0.4) is 0 Å². The number of amides is 2. The third-order valence-electron chi connectivity index (χ3n) is 3.92. The molecule has 1 aliphatic carbocycles. The Kier molecular flexibility index (Phi) is 2.72. The van der Waals surface area contributed by atoms with Crippen LogP contribution in [0.15, 0.2) is 9.98 Å². The number of hydrogen-bond acceptors (Lipinski definition) is 3. The fraction of sp³-hybridized carbons (Fsp3) is 0.750. The highest BCUT2D eigenvalue weighted by molar-refractivity contribution is 6.65. The Labute approximate surface area is 113 Å². The van der Waals surface area contributed by atoms with Gasteiger partial charge in [-0.3, -0.25) is 4.90 Å². The highest BCUT2D eigenvalue weighted by atomic mass is 35.5. The molecule has 0 N–H and O–H groups in total. The average molecular weight is 270 g/mol. The predicted octanol–water partition coefficient (Wildman–Crippen LogP) is 2.06. The lowest BCUT2D eigenvalue weighted by Crippen LogP contribution is -2.45. The van der Waals surface area contributed by atoms with Gasteiger partial charge < -0.3 is 4.90 Å². The van der Waals surface area contributed by atoms with E-state index in [1.54, 1.807) is 11.9 Å². The SMILES string of the molecule is [2H]C12C=NC(Cl)=NC1N(C1CCCCC1)C(=O)N2C. The first kappa shape index (κ1) is 10.8. The van der Waals surface area contributed by atoms with Crippen molar-refractivity contribution in [3.8, 4) is 0 Å². The summed E-state index contributed by atoms with van der Waals surface area (Å²) in [6.07, 6.45) is 6.29. The lowest BCUT2D eigenvalue weighted by atomic mass is 9.94. The van der Waals surface area contributed by atoms with Crippen LogP contribution in [0.25, 0.3) is 0 Å². The van der Waals surface area contributed by atoms with Gasteiger partial charge in [0.1, 0.15) is 6.02 Å². The van der Waals surface area contributed by atoms with Gasteiger partial charge in [0.15, 0.2) is 6.17 Å². The van der Waals surface area contributed by atoms with Crippen LogP contribution in [0.4, 0.5) is 4.79 Å². The van der Waals surface area contributed by atoms with Crippen LogP contribution < -0.4 is 0 Å². The van der Waals surface area contributed by atoms with E-state index in [1.807, 2.05) is 0 Å². The molecule has 2 amide bonds. The van der Waals surface area contributed by atoms with Crippen molar-refractivity contribution in [2.45, 2.75) is 50.3 Å².